The van der Waals surface area contributed by atoms with Gasteiger partial charge in [-0.05, 0) is 59.5 Å². The molecule has 0 amide bonds. The Labute approximate surface area is 131 Å². The summed E-state index contributed by atoms with van der Waals surface area (Å²) in [5, 5.41) is 0. The second kappa shape index (κ2) is 6.51. The molecule has 18 heavy (non-hydrogen) atoms. The van der Waals surface area contributed by atoms with Gasteiger partial charge in [-0.15, -0.1) is 0 Å². The van der Waals surface area contributed by atoms with Crippen molar-refractivity contribution in [3.8, 4) is 0 Å². The highest BCUT2D eigenvalue weighted by atomic mass is 127. The molecule has 3 heteroatoms. The van der Waals surface area contributed by atoms with E-state index in [1.165, 1.54) is 19.3 Å². The molecule has 1 aromatic rings. The molecule has 0 aromatic heterocycles. The van der Waals surface area contributed by atoms with Crippen LogP contribution in [0.2, 0.25) is 0 Å². The molecule has 0 N–H and O–H groups in total. The maximum Gasteiger partial charge on any atom is 0.167 e. The lowest BCUT2D eigenvalue weighted by atomic mass is 9.77. The van der Waals surface area contributed by atoms with Gasteiger partial charge in [0.1, 0.15) is 0 Å². The number of ketones is 1. The van der Waals surface area contributed by atoms with Gasteiger partial charge in [-0.25, -0.2) is 0 Å². The van der Waals surface area contributed by atoms with E-state index in [2.05, 4.69) is 45.4 Å². The topological polar surface area (TPSA) is 17.1 Å². The van der Waals surface area contributed by atoms with Gasteiger partial charge in [0.15, 0.2) is 5.78 Å². The summed E-state index contributed by atoms with van der Waals surface area (Å²) in [5.74, 6) is 1.34. The fourth-order valence-corrected chi connectivity index (χ4v) is 3.77. The molecule has 0 saturated heterocycles. The number of hydrogen-bond acceptors (Lipinski definition) is 1. The van der Waals surface area contributed by atoms with Crippen molar-refractivity contribution in [2.24, 2.45) is 11.8 Å². The van der Waals surface area contributed by atoms with Crippen molar-refractivity contribution in [3.05, 3.63) is 31.8 Å². The molecule has 2 rings (SSSR count). The standard InChI is InChI=1S/C15H18BrIO/c1-2-10-4-3-5-11(8-10)15(18)13-9-12(16)6-7-14(13)17/h6-7,9-11H,2-5,8H2,1H3. The predicted octanol–water partition coefficient (Wildman–Crippen LogP) is 5.45. The Morgan fingerprint density at radius 3 is 2.94 bits per heavy atom. The molecule has 0 heterocycles. The minimum absolute atomic E-state index is 0.242. The van der Waals surface area contributed by atoms with Gasteiger partial charge in [-0.3, -0.25) is 4.79 Å². The molecular formula is C15H18BrIO. The minimum Gasteiger partial charge on any atom is -0.294 e. The molecule has 1 nitrogen and oxygen atoms in total. The van der Waals surface area contributed by atoms with Gasteiger partial charge in [0.25, 0.3) is 0 Å². The molecule has 98 valence electrons. The maximum atomic E-state index is 12.6. The van der Waals surface area contributed by atoms with Gasteiger partial charge < -0.3 is 0 Å². The monoisotopic (exact) mass is 420 g/mol. The van der Waals surface area contributed by atoms with Crippen LogP contribution >= 0.6 is 38.5 Å². The predicted molar refractivity (Wildman–Crippen MR) is 86.9 cm³/mol. The van der Waals surface area contributed by atoms with Crippen LogP contribution in [0.15, 0.2) is 22.7 Å². The van der Waals surface area contributed by atoms with Crippen molar-refractivity contribution in [1.29, 1.82) is 0 Å². The molecular weight excluding hydrogens is 403 g/mol. The number of carbonyl (C=O) groups is 1. The second-order valence-corrected chi connectivity index (χ2v) is 7.20. The first-order chi connectivity index (χ1) is 8.61. The van der Waals surface area contributed by atoms with E-state index in [-0.39, 0.29) is 5.92 Å². The number of carbonyl (C=O) groups excluding carboxylic acids is 1. The number of Topliss-reactive ketones (excluding diaryl/α,β-unsaturated/α-hetero) is 1. The van der Waals surface area contributed by atoms with Gasteiger partial charge in [-0.2, -0.15) is 0 Å². The first kappa shape index (κ1) is 14.5. The van der Waals surface area contributed by atoms with Crippen LogP contribution in [0.1, 0.15) is 49.4 Å². The lowest BCUT2D eigenvalue weighted by Gasteiger charge is -2.27. The van der Waals surface area contributed by atoms with Gasteiger partial charge in [0, 0.05) is 19.5 Å². The van der Waals surface area contributed by atoms with Crippen molar-refractivity contribution >= 4 is 44.3 Å². The van der Waals surface area contributed by atoms with E-state index in [0.29, 0.717) is 5.78 Å². The van der Waals surface area contributed by atoms with E-state index in [0.717, 1.165) is 32.4 Å². The van der Waals surface area contributed by atoms with Gasteiger partial charge in [-0.1, -0.05) is 42.1 Å². The van der Waals surface area contributed by atoms with Crippen LogP contribution in [-0.2, 0) is 0 Å². The summed E-state index contributed by atoms with van der Waals surface area (Å²) in [6, 6.07) is 5.98. The number of rotatable bonds is 3. The third-order valence-corrected chi connectivity index (χ3v) is 5.36. The van der Waals surface area contributed by atoms with Crippen molar-refractivity contribution in [2.75, 3.05) is 0 Å². The van der Waals surface area contributed by atoms with Crippen molar-refractivity contribution in [3.63, 3.8) is 0 Å². The third kappa shape index (κ3) is 3.35. The summed E-state index contributed by atoms with van der Waals surface area (Å²) in [6.45, 7) is 2.24. The van der Waals surface area contributed by atoms with Gasteiger partial charge in [0.05, 0.1) is 0 Å². The van der Waals surface area contributed by atoms with E-state index >= 15 is 0 Å². The molecule has 1 aromatic carbocycles. The van der Waals surface area contributed by atoms with Crippen LogP contribution in [0, 0.1) is 15.4 Å². The van der Waals surface area contributed by atoms with Crippen LogP contribution in [0.25, 0.3) is 0 Å². The molecule has 0 aliphatic heterocycles. The van der Waals surface area contributed by atoms with Crippen LogP contribution in [0.4, 0.5) is 0 Å². The average Bonchev–Trinajstić information content (AvgIpc) is 2.41. The van der Waals surface area contributed by atoms with Crippen LogP contribution in [-0.4, -0.2) is 5.78 Å². The highest BCUT2D eigenvalue weighted by Gasteiger charge is 2.28. The number of benzene rings is 1. The van der Waals surface area contributed by atoms with E-state index < -0.39 is 0 Å². The zero-order valence-electron chi connectivity index (χ0n) is 10.6. The molecule has 1 aliphatic rings. The summed E-state index contributed by atoms with van der Waals surface area (Å²) in [5.41, 5.74) is 0.895. The Bertz CT molecular complexity index is 444. The molecule has 1 fully saturated rings. The first-order valence-electron chi connectivity index (χ1n) is 6.61. The zero-order valence-corrected chi connectivity index (χ0v) is 14.3. The van der Waals surface area contributed by atoms with Crippen LogP contribution in [0.3, 0.4) is 0 Å². The van der Waals surface area contributed by atoms with Crippen molar-refractivity contribution in [2.45, 2.75) is 39.0 Å². The first-order valence-corrected chi connectivity index (χ1v) is 8.48. The Hall–Kier alpha value is 0.1000. The Morgan fingerprint density at radius 2 is 2.22 bits per heavy atom. The molecule has 2 unspecified atom stereocenters. The van der Waals surface area contributed by atoms with E-state index in [1.54, 1.807) is 0 Å². The SMILES string of the molecule is CCC1CCCC(C(=O)c2cc(Br)ccc2I)C1. The summed E-state index contributed by atoms with van der Waals surface area (Å²) < 4.78 is 2.06. The van der Waals surface area contributed by atoms with Crippen molar-refractivity contribution < 1.29 is 4.79 Å². The third-order valence-electron chi connectivity index (χ3n) is 3.92. The van der Waals surface area contributed by atoms with Gasteiger partial charge >= 0.3 is 0 Å². The number of halogens is 2. The van der Waals surface area contributed by atoms with E-state index in [4.69, 9.17) is 0 Å². The summed E-state index contributed by atoms with van der Waals surface area (Å²) in [6.07, 6.45) is 5.87. The van der Waals surface area contributed by atoms with Gasteiger partial charge in [0.2, 0.25) is 0 Å². The maximum absolute atomic E-state index is 12.6. The van der Waals surface area contributed by atoms with Crippen molar-refractivity contribution in [1.82, 2.24) is 0 Å². The lowest BCUT2D eigenvalue weighted by Crippen LogP contribution is -2.23. The highest BCUT2D eigenvalue weighted by molar-refractivity contribution is 14.1. The highest BCUT2D eigenvalue weighted by Crippen LogP contribution is 2.34. The summed E-state index contributed by atoms with van der Waals surface area (Å²) >= 11 is 5.72. The Balaban J connectivity index is 2.17. The molecule has 1 aliphatic carbocycles. The van der Waals surface area contributed by atoms with E-state index in [1.807, 2.05) is 18.2 Å². The molecule has 2 atom stereocenters. The number of hydrogen-bond donors (Lipinski definition) is 0. The fraction of sp³-hybridized carbons (Fsp3) is 0.533. The quantitative estimate of drug-likeness (QED) is 0.469. The Kier molecular flexibility index (Phi) is 5.24. The average molecular weight is 421 g/mol. The van der Waals surface area contributed by atoms with E-state index in [9.17, 15) is 4.79 Å². The molecule has 0 spiro atoms. The molecule has 1 saturated carbocycles. The fourth-order valence-electron chi connectivity index (χ4n) is 2.81. The normalized spacial score (nSPS) is 23.9. The minimum atomic E-state index is 0.242. The summed E-state index contributed by atoms with van der Waals surface area (Å²) in [7, 11) is 0. The lowest BCUT2D eigenvalue weighted by molar-refractivity contribution is 0.0861. The van der Waals surface area contributed by atoms with Crippen LogP contribution < -0.4 is 0 Å². The van der Waals surface area contributed by atoms with Crippen LogP contribution in [0.5, 0.6) is 0 Å². The second-order valence-electron chi connectivity index (χ2n) is 5.13. The summed E-state index contributed by atoms with van der Waals surface area (Å²) in [4.78, 5) is 12.6. The molecule has 0 bridgehead atoms. The largest absolute Gasteiger partial charge is 0.294 e. The smallest absolute Gasteiger partial charge is 0.167 e. The zero-order chi connectivity index (χ0) is 13.1. The molecule has 0 radical (unpaired) electrons. The Morgan fingerprint density at radius 1 is 1.44 bits per heavy atom.